The monoisotopic (exact) mass is 122 g/mol. The van der Waals surface area contributed by atoms with Crippen LogP contribution in [0, 0.1) is 5.92 Å². The maximum atomic E-state index is 2.33. The number of allylic oxidation sites excluding steroid dienone is 4. The van der Waals surface area contributed by atoms with Crippen LogP contribution in [0.25, 0.3) is 0 Å². The Bertz CT molecular complexity index is 116. The van der Waals surface area contributed by atoms with Crippen molar-refractivity contribution in [1.29, 1.82) is 0 Å². The van der Waals surface area contributed by atoms with E-state index in [1.807, 2.05) is 0 Å². The first-order valence-corrected chi connectivity index (χ1v) is 3.71. The van der Waals surface area contributed by atoms with Crippen molar-refractivity contribution in [3.63, 3.8) is 0 Å². The molecule has 0 bridgehead atoms. The van der Waals surface area contributed by atoms with Gasteiger partial charge in [-0.3, -0.25) is 0 Å². The molecule has 50 valence electrons. The molecule has 1 aliphatic rings. The molecule has 9 heavy (non-hydrogen) atoms. The van der Waals surface area contributed by atoms with Gasteiger partial charge in [0.1, 0.15) is 0 Å². The predicted octanol–water partition coefficient (Wildman–Crippen LogP) is 2.92. The highest BCUT2D eigenvalue weighted by atomic mass is 14.2. The zero-order chi connectivity index (χ0) is 6.53. The van der Waals surface area contributed by atoms with Crippen molar-refractivity contribution in [2.24, 2.45) is 5.92 Å². The van der Waals surface area contributed by atoms with Crippen LogP contribution in [0.1, 0.15) is 26.2 Å². The zero-order valence-corrected chi connectivity index (χ0v) is 6.01. The average molecular weight is 122 g/mol. The lowest BCUT2D eigenvalue weighted by atomic mass is 10.3. The van der Waals surface area contributed by atoms with Gasteiger partial charge in [0.05, 0.1) is 0 Å². The molecular formula is C9H14. The van der Waals surface area contributed by atoms with E-state index in [1.165, 1.54) is 12.8 Å². The minimum Gasteiger partial charge on any atom is -0.0914 e. The molecule has 0 heterocycles. The second kappa shape index (κ2) is 3.49. The van der Waals surface area contributed by atoms with Gasteiger partial charge in [0.2, 0.25) is 0 Å². The average Bonchev–Trinajstić information content (AvgIpc) is 2.63. The van der Waals surface area contributed by atoms with Gasteiger partial charge in [0.15, 0.2) is 0 Å². The Morgan fingerprint density at radius 2 is 2.11 bits per heavy atom. The summed E-state index contributed by atoms with van der Waals surface area (Å²) in [6.45, 7) is 2.06. The Morgan fingerprint density at radius 1 is 1.33 bits per heavy atom. The highest BCUT2D eigenvalue weighted by Gasteiger charge is 2.16. The Balaban J connectivity index is 2.01. The van der Waals surface area contributed by atoms with Crippen LogP contribution in [0.3, 0.4) is 0 Å². The lowest BCUT2D eigenvalue weighted by Crippen LogP contribution is -1.61. The molecule has 0 atom stereocenters. The third kappa shape index (κ3) is 3.12. The van der Waals surface area contributed by atoms with Gasteiger partial charge < -0.3 is 0 Å². The molecule has 0 spiro atoms. The van der Waals surface area contributed by atoms with E-state index in [1.54, 1.807) is 0 Å². The minimum atomic E-state index is 0.940. The van der Waals surface area contributed by atoms with E-state index >= 15 is 0 Å². The fourth-order valence-electron chi connectivity index (χ4n) is 0.774. The molecule has 0 amide bonds. The molecule has 0 aromatic carbocycles. The fraction of sp³-hybridized carbons (Fsp3) is 0.556. The normalized spacial score (nSPS) is 20.1. The van der Waals surface area contributed by atoms with Gasteiger partial charge >= 0.3 is 0 Å². The van der Waals surface area contributed by atoms with Crippen molar-refractivity contribution < 1.29 is 0 Å². The molecule has 0 radical (unpaired) electrons. The molecular weight excluding hydrogens is 108 g/mol. The van der Waals surface area contributed by atoms with Crippen LogP contribution in [0.15, 0.2) is 24.3 Å². The highest BCUT2D eigenvalue weighted by molar-refractivity contribution is 4.99. The summed E-state index contributed by atoms with van der Waals surface area (Å²) in [6, 6.07) is 0. The van der Waals surface area contributed by atoms with Gasteiger partial charge in [0, 0.05) is 0 Å². The van der Waals surface area contributed by atoms with Crippen LogP contribution < -0.4 is 0 Å². The standard InChI is InChI=1S/C9H14/c1-2-3-4-5-6-9-7-8-9/h2-3,5-6,9H,4,7-8H2,1H3/b3-2+,6-5-. The van der Waals surface area contributed by atoms with Crippen LogP contribution in [0.2, 0.25) is 0 Å². The molecule has 0 unspecified atom stereocenters. The molecule has 0 aromatic rings. The van der Waals surface area contributed by atoms with E-state index in [0.717, 1.165) is 12.3 Å². The Morgan fingerprint density at radius 3 is 2.67 bits per heavy atom. The van der Waals surface area contributed by atoms with E-state index in [0.29, 0.717) is 0 Å². The van der Waals surface area contributed by atoms with Crippen molar-refractivity contribution in [1.82, 2.24) is 0 Å². The Kier molecular flexibility index (Phi) is 2.56. The minimum absolute atomic E-state index is 0.940. The predicted molar refractivity (Wildman–Crippen MR) is 41.3 cm³/mol. The van der Waals surface area contributed by atoms with Crippen molar-refractivity contribution in [3.05, 3.63) is 24.3 Å². The molecule has 1 saturated carbocycles. The van der Waals surface area contributed by atoms with E-state index in [4.69, 9.17) is 0 Å². The lowest BCUT2D eigenvalue weighted by molar-refractivity contribution is 1.11. The summed E-state index contributed by atoms with van der Waals surface area (Å²) >= 11 is 0. The largest absolute Gasteiger partial charge is 0.0914 e. The van der Waals surface area contributed by atoms with Crippen molar-refractivity contribution >= 4 is 0 Å². The van der Waals surface area contributed by atoms with Gasteiger partial charge in [-0.2, -0.15) is 0 Å². The van der Waals surface area contributed by atoms with Gasteiger partial charge in [-0.15, -0.1) is 0 Å². The van der Waals surface area contributed by atoms with Crippen LogP contribution in [-0.2, 0) is 0 Å². The maximum absolute atomic E-state index is 2.33. The highest BCUT2D eigenvalue weighted by Crippen LogP contribution is 2.30. The van der Waals surface area contributed by atoms with E-state index < -0.39 is 0 Å². The van der Waals surface area contributed by atoms with Crippen molar-refractivity contribution in [3.8, 4) is 0 Å². The van der Waals surface area contributed by atoms with Gasteiger partial charge in [-0.25, -0.2) is 0 Å². The molecule has 0 saturated heterocycles. The topological polar surface area (TPSA) is 0 Å². The van der Waals surface area contributed by atoms with Gasteiger partial charge in [-0.1, -0.05) is 24.3 Å². The molecule has 0 nitrogen and oxygen atoms in total. The molecule has 0 aliphatic heterocycles. The molecule has 0 N–H and O–H groups in total. The van der Waals surface area contributed by atoms with Crippen LogP contribution >= 0.6 is 0 Å². The smallest absolute Gasteiger partial charge is 0.0169 e. The molecule has 1 aliphatic carbocycles. The van der Waals surface area contributed by atoms with Crippen LogP contribution in [0.5, 0.6) is 0 Å². The summed E-state index contributed by atoms with van der Waals surface area (Å²) in [7, 11) is 0. The quantitative estimate of drug-likeness (QED) is 0.505. The lowest BCUT2D eigenvalue weighted by Gasteiger charge is -1.79. The Labute approximate surface area is 57.3 Å². The third-order valence-electron chi connectivity index (χ3n) is 1.54. The van der Waals surface area contributed by atoms with E-state index in [2.05, 4.69) is 31.2 Å². The summed E-state index contributed by atoms with van der Waals surface area (Å²) in [4.78, 5) is 0. The second-order valence-corrected chi connectivity index (χ2v) is 2.57. The SMILES string of the molecule is C/C=C/C/C=C\C1CC1. The third-order valence-corrected chi connectivity index (χ3v) is 1.54. The van der Waals surface area contributed by atoms with Crippen LogP contribution in [0.4, 0.5) is 0 Å². The summed E-state index contributed by atoms with van der Waals surface area (Å²) in [5.74, 6) is 0.940. The van der Waals surface area contributed by atoms with Crippen LogP contribution in [-0.4, -0.2) is 0 Å². The molecule has 1 fully saturated rings. The Hall–Kier alpha value is -0.520. The van der Waals surface area contributed by atoms with E-state index in [9.17, 15) is 0 Å². The first-order chi connectivity index (χ1) is 4.43. The van der Waals surface area contributed by atoms with Crippen molar-refractivity contribution in [2.75, 3.05) is 0 Å². The van der Waals surface area contributed by atoms with E-state index in [-0.39, 0.29) is 0 Å². The summed E-state index contributed by atoms with van der Waals surface area (Å²) in [5.41, 5.74) is 0. The first kappa shape index (κ1) is 6.60. The fourth-order valence-corrected chi connectivity index (χ4v) is 0.774. The van der Waals surface area contributed by atoms with Crippen molar-refractivity contribution in [2.45, 2.75) is 26.2 Å². The van der Waals surface area contributed by atoms with Gasteiger partial charge in [0.25, 0.3) is 0 Å². The summed E-state index contributed by atoms with van der Waals surface area (Å²) < 4.78 is 0. The summed E-state index contributed by atoms with van der Waals surface area (Å²) in [6.07, 6.45) is 12.8. The number of rotatable bonds is 3. The zero-order valence-electron chi connectivity index (χ0n) is 6.01. The second-order valence-electron chi connectivity index (χ2n) is 2.57. The van der Waals surface area contributed by atoms with Gasteiger partial charge in [-0.05, 0) is 32.1 Å². The number of hydrogen-bond acceptors (Lipinski definition) is 0. The first-order valence-electron chi connectivity index (χ1n) is 3.71. The number of hydrogen-bond donors (Lipinski definition) is 0. The molecule has 0 aromatic heterocycles. The summed E-state index contributed by atoms with van der Waals surface area (Å²) in [5, 5.41) is 0. The molecule has 0 heteroatoms. The maximum Gasteiger partial charge on any atom is -0.0169 e. The molecule has 1 rings (SSSR count).